The van der Waals surface area contributed by atoms with Crippen LogP contribution in [0.1, 0.15) is 20.1 Å². The third-order valence-corrected chi connectivity index (χ3v) is 8.02. The number of carbonyl (C=O) groups excluding carboxylic acids is 2. The highest BCUT2D eigenvalue weighted by Crippen LogP contribution is 2.66. The summed E-state index contributed by atoms with van der Waals surface area (Å²) in [5.74, 6) is -2.89. The molecule has 1 aromatic heterocycles. The number of rotatable bonds is 11. The fourth-order valence-electron chi connectivity index (χ4n) is 3.01. The summed E-state index contributed by atoms with van der Waals surface area (Å²) in [5.41, 5.74) is 4.52. The van der Waals surface area contributed by atoms with Gasteiger partial charge in [0, 0.05) is 20.0 Å². The smallest absolute Gasteiger partial charge is 0.465 e. The van der Waals surface area contributed by atoms with Crippen molar-refractivity contribution in [2.24, 2.45) is 5.92 Å². The first-order valence-corrected chi connectivity index (χ1v) is 14.0. The maximum atomic E-state index is 12.3. The highest BCUT2D eigenvalue weighted by atomic mass is 31.3. The summed E-state index contributed by atoms with van der Waals surface area (Å²) in [6.07, 6.45) is -3.02. The molecule has 6 atom stereocenters. The number of phosphoric ester groups is 1. The molecule has 2 rings (SSSR count). The molecule has 6 N–H and O–H groups in total. The number of anilines is 1. The van der Waals surface area contributed by atoms with Gasteiger partial charge in [-0.25, -0.2) is 18.5 Å². The van der Waals surface area contributed by atoms with Crippen LogP contribution >= 0.6 is 23.5 Å². The van der Waals surface area contributed by atoms with Gasteiger partial charge in [0.25, 0.3) is 0 Å². The van der Waals surface area contributed by atoms with Crippen molar-refractivity contribution in [3.63, 3.8) is 0 Å². The Bertz CT molecular complexity index is 1180. The largest absolute Gasteiger partial charge is 0.490 e. The monoisotopic (exact) mass is 581 g/mol. The van der Waals surface area contributed by atoms with E-state index in [0.29, 0.717) is 0 Å². The SMILES string of the molecule is CC(=O)OC[C@H]1[C@@H](OC(C)=O)[C@H](n2ccc(N)nc2=O)O[C@@H]1COP(=O)(O)OP(=O)(O)OP(=O)(O)O. The normalized spacial score (nSPS) is 25.5. The second kappa shape index (κ2) is 11.6. The first kappa shape index (κ1) is 30.2. The highest BCUT2D eigenvalue weighted by Gasteiger charge is 2.50. The predicted octanol–water partition coefficient (Wildman–Crippen LogP) is -0.823. The van der Waals surface area contributed by atoms with E-state index >= 15 is 0 Å². The van der Waals surface area contributed by atoms with Crippen molar-refractivity contribution in [1.29, 1.82) is 0 Å². The van der Waals surface area contributed by atoms with Crippen LogP contribution < -0.4 is 11.4 Å². The van der Waals surface area contributed by atoms with Gasteiger partial charge >= 0.3 is 41.1 Å². The van der Waals surface area contributed by atoms with Crippen LogP contribution in [0.25, 0.3) is 0 Å². The molecule has 36 heavy (non-hydrogen) atoms. The van der Waals surface area contributed by atoms with E-state index in [4.69, 9.17) is 29.7 Å². The standard InChI is InChI=1S/C14H22N3O16P3/c1-7(18)28-5-9-10(6-29-35(24,25)33-36(26,27)32-34(21,22)23)31-13(12(9)30-8(2)19)17-4-3-11(15)16-14(17)20/h3-4,9-10,12-13H,5-6H2,1-2H3,(H,24,25)(H,26,27)(H2,15,16,20)(H2,21,22,23)/t9-,10-,12-,13-/m1/s1. The minimum absolute atomic E-state index is 0.140. The number of esters is 2. The highest BCUT2D eigenvalue weighted by molar-refractivity contribution is 7.66. The lowest BCUT2D eigenvalue weighted by molar-refractivity contribution is -0.155. The predicted molar refractivity (Wildman–Crippen MR) is 112 cm³/mol. The maximum absolute atomic E-state index is 12.3. The zero-order valence-electron chi connectivity index (χ0n) is 18.4. The fraction of sp³-hybridized carbons (Fsp3) is 0.571. The molecule has 204 valence electrons. The Balaban J connectivity index is 2.32. The molecule has 1 aliphatic rings. The van der Waals surface area contributed by atoms with Crippen LogP contribution in [-0.2, 0) is 50.6 Å². The van der Waals surface area contributed by atoms with E-state index in [1.165, 1.54) is 6.07 Å². The number of ether oxygens (including phenoxy) is 3. The molecule has 0 aromatic carbocycles. The van der Waals surface area contributed by atoms with E-state index in [0.717, 1.165) is 24.6 Å². The third kappa shape index (κ3) is 9.14. The Morgan fingerprint density at radius 3 is 2.25 bits per heavy atom. The second-order valence-electron chi connectivity index (χ2n) is 7.03. The van der Waals surface area contributed by atoms with Crippen LogP contribution in [0.15, 0.2) is 17.1 Å². The minimum Gasteiger partial charge on any atom is -0.465 e. The Labute approximate surface area is 201 Å². The van der Waals surface area contributed by atoms with Gasteiger partial charge in [-0.15, -0.1) is 0 Å². The van der Waals surface area contributed by atoms with Crippen LogP contribution in [-0.4, -0.2) is 66.5 Å². The zero-order chi connectivity index (χ0) is 27.5. The first-order chi connectivity index (χ1) is 16.4. The van der Waals surface area contributed by atoms with Crippen molar-refractivity contribution < 1.29 is 70.2 Å². The fourth-order valence-corrected chi connectivity index (χ4v) is 6.04. The summed E-state index contributed by atoms with van der Waals surface area (Å²) in [7, 11) is -16.9. The lowest BCUT2D eigenvalue weighted by atomic mass is 9.99. The average Bonchev–Trinajstić information content (AvgIpc) is 2.98. The lowest BCUT2D eigenvalue weighted by Crippen LogP contribution is -2.38. The molecule has 1 aliphatic heterocycles. The zero-order valence-corrected chi connectivity index (χ0v) is 21.1. The van der Waals surface area contributed by atoms with Crippen molar-refractivity contribution >= 4 is 41.2 Å². The van der Waals surface area contributed by atoms with E-state index in [9.17, 15) is 37.9 Å². The molecule has 1 saturated heterocycles. The summed E-state index contributed by atoms with van der Waals surface area (Å²) in [6.45, 7) is 0.610. The quantitative estimate of drug-likeness (QED) is 0.157. The second-order valence-corrected chi connectivity index (χ2v) is 11.5. The summed E-state index contributed by atoms with van der Waals surface area (Å²) in [6, 6.07) is 1.22. The number of carbonyl (C=O) groups is 2. The van der Waals surface area contributed by atoms with E-state index in [1.807, 2.05) is 0 Å². The van der Waals surface area contributed by atoms with Crippen LogP contribution in [0.2, 0.25) is 0 Å². The first-order valence-electron chi connectivity index (χ1n) is 9.48. The van der Waals surface area contributed by atoms with Crippen molar-refractivity contribution in [3.05, 3.63) is 22.7 Å². The Hall–Kier alpha value is -2.01. The number of hydrogen-bond donors (Lipinski definition) is 5. The van der Waals surface area contributed by atoms with Crippen LogP contribution in [0, 0.1) is 5.92 Å². The van der Waals surface area contributed by atoms with Gasteiger partial charge in [0.1, 0.15) is 12.4 Å². The number of phosphoric acid groups is 3. The average molecular weight is 581 g/mol. The molecular formula is C14H22N3O16P3. The maximum Gasteiger partial charge on any atom is 0.490 e. The number of hydrogen-bond acceptors (Lipinski definition) is 14. The summed E-state index contributed by atoms with van der Waals surface area (Å²) in [5, 5.41) is 0. The van der Waals surface area contributed by atoms with Crippen LogP contribution in [0.4, 0.5) is 5.82 Å². The van der Waals surface area contributed by atoms with E-state index in [2.05, 4.69) is 18.1 Å². The molecule has 2 unspecified atom stereocenters. The Kier molecular flexibility index (Phi) is 9.72. The van der Waals surface area contributed by atoms with E-state index < -0.39 is 78.7 Å². The molecule has 0 amide bonds. The van der Waals surface area contributed by atoms with Gasteiger partial charge in [-0.3, -0.25) is 18.7 Å². The topological polar surface area (TPSA) is 283 Å². The number of aromatic nitrogens is 2. The molecular weight excluding hydrogens is 559 g/mol. The molecule has 0 aliphatic carbocycles. The van der Waals surface area contributed by atoms with Gasteiger partial charge in [0.05, 0.1) is 18.6 Å². The Morgan fingerprint density at radius 1 is 1.08 bits per heavy atom. The van der Waals surface area contributed by atoms with E-state index in [1.54, 1.807) is 0 Å². The van der Waals surface area contributed by atoms with Crippen LogP contribution in [0.5, 0.6) is 0 Å². The number of nitrogen functional groups attached to an aromatic ring is 1. The molecule has 19 nitrogen and oxygen atoms in total. The molecule has 0 saturated carbocycles. The third-order valence-electron chi connectivity index (χ3n) is 4.22. The molecule has 2 heterocycles. The molecule has 0 radical (unpaired) electrons. The van der Waals surface area contributed by atoms with Gasteiger partial charge in [-0.05, 0) is 6.07 Å². The summed E-state index contributed by atoms with van der Waals surface area (Å²) < 4.78 is 62.8. The molecule has 1 fully saturated rings. The van der Waals surface area contributed by atoms with Gasteiger partial charge in [0.2, 0.25) is 0 Å². The molecule has 0 bridgehead atoms. The molecule has 0 spiro atoms. The molecule has 22 heteroatoms. The summed E-state index contributed by atoms with van der Waals surface area (Å²) in [4.78, 5) is 75.1. The van der Waals surface area contributed by atoms with Gasteiger partial charge in [0.15, 0.2) is 12.3 Å². The van der Waals surface area contributed by atoms with Crippen molar-refractivity contribution in [2.45, 2.75) is 32.3 Å². The van der Waals surface area contributed by atoms with Crippen molar-refractivity contribution in [1.82, 2.24) is 9.55 Å². The van der Waals surface area contributed by atoms with E-state index in [-0.39, 0.29) is 5.82 Å². The summed E-state index contributed by atoms with van der Waals surface area (Å²) >= 11 is 0. The van der Waals surface area contributed by atoms with Gasteiger partial charge in [-0.1, -0.05) is 0 Å². The number of nitrogens with two attached hydrogens (primary N) is 1. The Morgan fingerprint density at radius 2 is 1.72 bits per heavy atom. The molecule has 1 aromatic rings. The van der Waals surface area contributed by atoms with Crippen molar-refractivity contribution in [2.75, 3.05) is 18.9 Å². The lowest BCUT2D eigenvalue weighted by Gasteiger charge is -2.24. The van der Waals surface area contributed by atoms with Crippen LogP contribution in [0.3, 0.4) is 0 Å². The van der Waals surface area contributed by atoms with Gasteiger partial charge in [-0.2, -0.15) is 13.6 Å². The number of nitrogens with zero attached hydrogens (tertiary/aromatic N) is 2. The van der Waals surface area contributed by atoms with Gasteiger partial charge < -0.3 is 39.5 Å². The van der Waals surface area contributed by atoms with Crippen molar-refractivity contribution in [3.8, 4) is 0 Å². The minimum atomic E-state index is -5.79.